The maximum absolute atomic E-state index is 7.44. The lowest BCUT2D eigenvalue weighted by molar-refractivity contribution is -0.149. The fourth-order valence-corrected chi connectivity index (χ4v) is 16.4. The molecule has 3 unspecified atom stereocenters. The van der Waals surface area contributed by atoms with Crippen LogP contribution in [0.4, 0.5) is 0 Å². The molecule has 0 aromatic heterocycles. The first kappa shape index (κ1) is 40.2. The Hall–Kier alpha value is 0.448. The van der Waals surface area contributed by atoms with Crippen molar-refractivity contribution >= 4 is 33.3 Å². The van der Waals surface area contributed by atoms with Gasteiger partial charge in [-0.25, -0.2) is 0 Å². The largest absolute Gasteiger partial charge is 0.414 e. The Balaban J connectivity index is 1.68. The van der Waals surface area contributed by atoms with Gasteiger partial charge in [0.2, 0.25) is 0 Å². The van der Waals surface area contributed by atoms with Crippen LogP contribution in [-0.2, 0) is 17.7 Å². The van der Waals surface area contributed by atoms with E-state index in [1.165, 1.54) is 44.9 Å². The normalized spacial score (nSPS) is 37.6. The Morgan fingerprint density at radius 2 is 1.38 bits per heavy atom. The maximum atomic E-state index is 7.44. The third kappa shape index (κ3) is 9.66. The van der Waals surface area contributed by atoms with E-state index in [0.717, 1.165) is 12.8 Å². The molecule has 10 atom stereocenters. The number of rotatable bonds is 13. The van der Waals surface area contributed by atoms with E-state index >= 15 is 0 Å². The highest BCUT2D eigenvalue weighted by Crippen LogP contribution is 2.68. The summed E-state index contributed by atoms with van der Waals surface area (Å²) < 4.78 is 28.1. The van der Waals surface area contributed by atoms with E-state index in [9.17, 15) is 0 Å². The van der Waals surface area contributed by atoms with Crippen LogP contribution >= 0.6 is 0 Å². The molecule has 0 amide bonds. The van der Waals surface area contributed by atoms with Gasteiger partial charge in [-0.1, -0.05) is 45.3 Å². The van der Waals surface area contributed by atoms with Crippen molar-refractivity contribution in [1.29, 1.82) is 0 Å². The van der Waals surface area contributed by atoms with Crippen molar-refractivity contribution in [1.82, 2.24) is 0 Å². The number of hydrogen-bond acceptors (Lipinski definition) is 4. The van der Waals surface area contributed by atoms with Crippen molar-refractivity contribution in [2.24, 2.45) is 40.4 Å². The molecule has 3 saturated carbocycles. The first-order valence-corrected chi connectivity index (χ1v) is 33.2. The molecule has 0 saturated heterocycles. The molecule has 0 aromatic rings. The lowest BCUT2D eigenvalue weighted by Crippen LogP contribution is -2.62. The first-order chi connectivity index (χ1) is 21.1. The number of fused-ring (bicyclic) bond motifs is 5. The van der Waals surface area contributed by atoms with Gasteiger partial charge < -0.3 is 17.7 Å². The fourth-order valence-electron chi connectivity index (χ4n) is 11.2. The van der Waals surface area contributed by atoms with Crippen LogP contribution in [0.1, 0.15) is 92.4 Å². The summed E-state index contributed by atoms with van der Waals surface area (Å²) in [7, 11) is -6.72. The summed E-state index contributed by atoms with van der Waals surface area (Å²) >= 11 is 0. The molecule has 0 aromatic carbocycles. The lowest BCUT2D eigenvalue weighted by Gasteiger charge is -2.63. The summed E-state index contributed by atoms with van der Waals surface area (Å²) in [6, 6.07) is 0. The van der Waals surface area contributed by atoms with Crippen LogP contribution in [0, 0.1) is 40.4 Å². The van der Waals surface area contributed by atoms with Gasteiger partial charge in [-0.15, -0.1) is 0 Å². The smallest absolute Gasteiger partial charge is 0.184 e. The van der Waals surface area contributed by atoms with Gasteiger partial charge in [-0.2, -0.15) is 0 Å². The van der Waals surface area contributed by atoms with Crippen molar-refractivity contribution in [3.05, 3.63) is 11.6 Å². The summed E-state index contributed by atoms with van der Waals surface area (Å²) in [6.45, 7) is 41.0. The average molecular weight is 723 g/mol. The van der Waals surface area contributed by atoms with Gasteiger partial charge in [-0.05, 0) is 178 Å². The van der Waals surface area contributed by atoms with Crippen LogP contribution in [0.2, 0.25) is 78.6 Å². The van der Waals surface area contributed by atoms with Gasteiger partial charge in [0.15, 0.2) is 33.3 Å². The second-order valence-corrected chi connectivity index (χ2v) is 39.3. The van der Waals surface area contributed by atoms with E-state index in [2.05, 4.69) is 119 Å². The molecule has 4 aliphatic rings. The third-order valence-corrected chi connectivity index (χ3v) is 16.6. The van der Waals surface area contributed by atoms with Gasteiger partial charge in [-0.3, -0.25) is 0 Å². The Morgan fingerprint density at radius 3 is 1.94 bits per heavy atom. The monoisotopic (exact) mass is 722 g/mol. The molecule has 4 nitrogen and oxygen atoms in total. The third-order valence-electron chi connectivity index (χ3n) is 12.4. The topological polar surface area (TPSA) is 36.9 Å². The molecule has 0 aliphatic heterocycles. The minimum atomic E-state index is -1.77. The summed E-state index contributed by atoms with van der Waals surface area (Å²) in [6.07, 6.45) is 14.7. The molecular weight excluding hydrogens is 645 g/mol. The van der Waals surface area contributed by atoms with Crippen molar-refractivity contribution in [2.45, 2.75) is 195 Å². The van der Waals surface area contributed by atoms with E-state index in [0.29, 0.717) is 41.8 Å². The molecule has 0 spiro atoms. The molecule has 4 rings (SSSR count). The molecule has 274 valence electrons. The zero-order valence-corrected chi connectivity index (χ0v) is 38.2. The standard InChI is InChI=1S/C39H78O4Si4/c1-28(19-18-23-37(2,3)43-47(15,16)17)31-20-21-32-36-33(27-35(39(31,32)5)42-46(12,13)14)38(4)24-22-30(40-44(6,7)8)25-29(38)26-34(36)41-45(9,10)11/h26,28,30-36H,18-25,27H2,1-17H3/t28-,30+,31-,32?,33?,34-,35+,36?,38+,39-/m1/s1. The van der Waals surface area contributed by atoms with Crippen LogP contribution in [0.3, 0.4) is 0 Å². The van der Waals surface area contributed by atoms with Crippen molar-refractivity contribution in [3.8, 4) is 0 Å². The minimum absolute atomic E-state index is 0.0318. The Kier molecular flexibility index (Phi) is 11.8. The molecule has 0 bridgehead atoms. The summed E-state index contributed by atoms with van der Waals surface area (Å²) in [4.78, 5) is 0. The number of hydrogen-bond donors (Lipinski definition) is 0. The highest BCUT2D eigenvalue weighted by Gasteiger charge is 2.65. The quantitative estimate of drug-likeness (QED) is 0.140. The first-order valence-electron chi connectivity index (χ1n) is 19.6. The Labute approximate surface area is 296 Å². The van der Waals surface area contributed by atoms with Crippen molar-refractivity contribution in [3.63, 3.8) is 0 Å². The molecule has 3 fully saturated rings. The van der Waals surface area contributed by atoms with E-state index in [1.54, 1.807) is 5.57 Å². The lowest BCUT2D eigenvalue weighted by atomic mass is 9.45. The second kappa shape index (κ2) is 13.8. The Morgan fingerprint density at radius 1 is 0.787 bits per heavy atom. The zero-order valence-electron chi connectivity index (χ0n) is 34.2. The van der Waals surface area contributed by atoms with Crippen LogP contribution in [-0.4, -0.2) is 57.2 Å². The van der Waals surface area contributed by atoms with Crippen molar-refractivity contribution in [2.75, 3.05) is 0 Å². The minimum Gasteiger partial charge on any atom is -0.414 e. The van der Waals surface area contributed by atoms with Crippen LogP contribution in [0.5, 0.6) is 0 Å². The van der Waals surface area contributed by atoms with E-state index < -0.39 is 33.3 Å². The zero-order chi connectivity index (χ0) is 35.6. The predicted molar refractivity (Wildman–Crippen MR) is 212 cm³/mol. The van der Waals surface area contributed by atoms with Gasteiger partial charge in [0, 0.05) is 6.10 Å². The van der Waals surface area contributed by atoms with Gasteiger partial charge >= 0.3 is 0 Å². The average Bonchev–Trinajstić information content (AvgIpc) is 3.19. The molecule has 8 heteroatoms. The molecule has 0 radical (unpaired) electrons. The summed E-state index contributed by atoms with van der Waals surface area (Å²) in [5.74, 6) is 3.23. The van der Waals surface area contributed by atoms with Crippen LogP contribution < -0.4 is 0 Å². The molecule has 4 aliphatic carbocycles. The SMILES string of the molecule is C[C@H](CCCC(C)(C)O[Si](C)(C)C)[C@H]1CCC2C3C(C[C@H](O[Si](C)(C)C)[C@@]21C)[C@@]1(C)CC[C@H](O[Si](C)(C)C)CC1=C[C@H]3O[Si](C)(C)C. The molecule has 0 heterocycles. The maximum Gasteiger partial charge on any atom is 0.184 e. The van der Waals surface area contributed by atoms with Crippen LogP contribution in [0.15, 0.2) is 11.6 Å². The highest BCUT2D eigenvalue weighted by molar-refractivity contribution is 6.70. The fraction of sp³-hybridized carbons (Fsp3) is 0.949. The van der Waals surface area contributed by atoms with Gasteiger partial charge in [0.05, 0.1) is 17.8 Å². The van der Waals surface area contributed by atoms with Gasteiger partial charge in [0.25, 0.3) is 0 Å². The van der Waals surface area contributed by atoms with Gasteiger partial charge in [0.1, 0.15) is 0 Å². The van der Waals surface area contributed by atoms with Crippen molar-refractivity contribution < 1.29 is 17.7 Å². The molecular formula is C39H78O4Si4. The molecule has 0 N–H and O–H groups in total. The van der Waals surface area contributed by atoms with E-state index in [-0.39, 0.29) is 22.5 Å². The van der Waals surface area contributed by atoms with E-state index in [4.69, 9.17) is 17.7 Å². The molecule has 47 heavy (non-hydrogen) atoms. The van der Waals surface area contributed by atoms with E-state index in [1.807, 2.05) is 0 Å². The summed E-state index contributed by atoms with van der Waals surface area (Å²) in [5, 5.41) is 0. The predicted octanol–water partition coefficient (Wildman–Crippen LogP) is 11.9. The van der Waals surface area contributed by atoms with Crippen LogP contribution in [0.25, 0.3) is 0 Å². The highest BCUT2D eigenvalue weighted by atomic mass is 28.4. The second-order valence-electron chi connectivity index (χ2n) is 21.5. The summed E-state index contributed by atoms with van der Waals surface area (Å²) in [5.41, 5.74) is 2.03. The Bertz CT molecular complexity index is 1110.